The van der Waals surface area contributed by atoms with E-state index in [2.05, 4.69) is 33.1 Å². The number of carbonyl (C=O) groups is 9. The third-order valence-electron chi connectivity index (χ3n) is 16.1. The van der Waals surface area contributed by atoms with Gasteiger partial charge >= 0.3 is 18.0 Å². The number of nitrogens with zero attached hydrogens (tertiary/aromatic N) is 2. The zero-order valence-corrected chi connectivity index (χ0v) is 52.6. The summed E-state index contributed by atoms with van der Waals surface area (Å²) < 4.78 is 5.62. The largest absolute Gasteiger partial charge is 0.478 e. The number of para-hydroxylation sites is 1. The van der Waals surface area contributed by atoms with Gasteiger partial charge in [-0.05, 0) is 96.5 Å². The minimum absolute atomic E-state index is 0.00366. The van der Waals surface area contributed by atoms with E-state index in [0.717, 1.165) is 22.3 Å². The van der Waals surface area contributed by atoms with Crippen LogP contribution in [0, 0.1) is 35.0 Å². The molecule has 5 rings (SSSR count). The van der Waals surface area contributed by atoms with Gasteiger partial charge in [-0.2, -0.15) is 0 Å². The predicted molar refractivity (Wildman–Crippen MR) is 336 cm³/mol. The van der Waals surface area contributed by atoms with E-state index in [4.69, 9.17) is 10.5 Å². The number of fused-ring (bicyclic) bond motifs is 2. The Morgan fingerprint density at radius 2 is 1.36 bits per heavy atom. The molecule has 0 bridgehead atoms. The number of hydrogen-bond acceptors (Lipinski definition) is 11. The van der Waals surface area contributed by atoms with Crippen molar-refractivity contribution in [1.29, 1.82) is 0 Å². The molecule has 0 aromatic heterocycles. The van der Waals surface area contributed by atoms with Crippen LogP contribution in [0.2, 0.25) is 0 Å². The van der Waals surface area contributed by atoms with Gasteiger partial charge in [-0.3, -0.25) is 33.6 Å². The van der Waals surface area contributed by atoms with E-state index in [-0.39, 0.29) is 105 Å². The second-order valence-corrected chi connectivity index (χ2v) is 24.9. The first kappa shape index (κ1) is 69.3. The number of benzene rings is 4. The topological polar surface area (TPSA) is 264 Å². The number of aryl methyl sites for hydroxylation is 1. The molecule has 4 aromatic carbocycles. The molecule has 0 saturated heterocycles. The molecule has 6 amide bonds. The minimum atomic E-state index is -1.07. The van der Waals surface area contributed by atoms with E-state index >= 15 is 0 Å². The van der Waals surface area contributed by atoms with Crippen LogP contribution in [0.15, 0.2) is 109 Å². The number of carbonyl (C=O) groups excluding carboxylic acids is 8. The number of likely N-dealkylation sites (N-methyl/N-ethyl adjacent to an activating group) is 2. The van der Waals surface area contributed by atoms with Gasteiger partial charge in [0.1, 0.15) is 18.4 Å². The lowest BCUT2D eigenvalue weighted by Crippen LogP contribution is -2.61. The van der Waals surface area contributed by atoms with Crippen molar-refractivity contribution in [3.05, 3.63) is 148 Å². The van der Waals surface area contributed by atoms with Crippen LogP contribution in [-0.2, 0) is 74.5 Å². The Labute approximate surface area is 513 Å². The second-order valence-electron chi connectivity index (χ2n) is 24.9. The number of esters is 1. The van der Waals surface area contributed by atoms with Crippen molar-refractivity contribution in [1.82, 2.24) is 26.2 Å². The number of primary amides is 1. The summed E-state index contributed by atoms with van der Waals surface area (Å²) in [6.07, 6.45) is 2.25. The van der Waals surface area contributed by atoms with Gasteiger partial charge in [0, 0.05) is 73.7 Å². The first-order chi connectivity index (χ1) is 41.0. The third kappa shape index (κ3) is 20.1. The Bertz CT molecular complexity index is 3200. The molecule has 5 atom stereocenters. The number of aliphatic carboxylic acids is 1. The van der Waals surface area contributed by atoms with Gasteiger partial charge in [0.15, 0.2) is 5.78 Å². The molecule has 1 heterocycles. The summed E-state index contributed by atoms with van der Waals surface area (Å²) in [6.45, 7) is 18.9. The molecule has 466 valence electrons. The summed E-state index contributed by atoms with van der Waals surface area (Å²) in [7, 11) is 3.31. The van der Waals surface area contributed by atoms with Crippen molar-refractivity contribution >= 4 is 58.9 Å². The molecule has 1 aliphatic rings. The maximum atomic E-state index is 14.2. The molecule has 0 saturated carbocycles. The van der Waals surface area contributed by atoms with E-state index in [1.807, 2.05) is 135 Å². The highest BCUT2D eigenvalue weighted by molar-refractivity contribution is 5.98. The molecule has 0 spiro atoms. The van der Waals surface area contributed by atoms with Crippen molar-refractivity contribution < 1.29 is 53.0 Å². The zero-order valence-electron chi connectivity index (χ0n) is 52.6. The Morgan fingerprint density at radius 1 is 0.747 bits per heavy atom. The maximum Gasteiger partial charge on any atom is 0.331 e. The fraction of sp³-hybridized carbons (Fsp3) is 0.464. The normalized spacial score (nSPS) is 14.0. The highest BCUT2D eigenvalue weighted by Gasteiger charge is 2.42. The van der Waals surface area contributed by atoms with Crippen molar-refractivity contribution in [3.8, 4) is 11.8 Å². The first-order valence-electron chi connectivity index (χ1n) is 29.9. The van der Waals surface area contributed by atoms with E-state index in [1.54, 1.807) is 49.3 Å². The van der Waals surface area contributed by atoms with E-state index in [9.17, 15) is 48.3 Å². The summed E-state index contributed by atoms with van der Waals surface area (Å²) >= 11 is 0. The predicted octanol–water partition coefficient (Wildman–Crippen LogP) is 8.28. The number of nitrogens with two attached hydrogens (primary N) is 1. The number of ketones is 2. The molecule has 1 unspecified atom stereocenters. The van der Waals surface area contributed by atoms with Gasteiger partial charge in [0.2, 0.25) is 23.6 Å². The van der Waals surface area contributed by atoms with Crippen LogP contribution in [0.25, 0.3) is 0 Å². The zero-order chi connectivity index (χ0) is 64.3. The van der Waals surface area contributed by atoms with Crippen molar-refractivity contribution in [2.45, 2.75) is 163 Å². The fourth-order valence-corrected chi connectivity index (χ4v) is 10.6. The molecule has 18 nitrogen and oxygen atoms in total. The number of nitrogens with one attached hydrogen (secondary N) is 4. The average molecular weight is 1190 g/mol. The van der Waals surface area contributed by atoms with Crippen molar-refractivity contribution in [3.63, 3.8) is 0 Å². The molecule has 0 aliphatic carbocycles. The summed E-state index contributed by atoms with van der Waals surface area (Å²) in [5, 5.41) is 21.1. The van der Waals surface area contributed by atoms with Crippen LogP contribution < -0.4 is 31.9 Å². The average Bonchev–Trinajstić information content (AvgIpc) is 2.26. The number of rotatable bonds is 30. The lowest BCUT2D eigenvalue weighted by molar-refractivity contribution is -0.145. The van der Waals surface area contributed by atoms with Crippen LogP contribution in [0.1, 0.15) is 147 Å². The summed E-state index contributed by atoms with van der Waals surface area (Å²) in [5.41, 5.74) is 10.1. The Kier molecular flexibility index (Phi) is 25.4. The van der Waals surface area contributed by atoms with Crippen LogP contribution in [0.3, 0.4) is 0 Å². The molecule has 1 aliphatic heterocycles. The molecule has 87 heavy (non-hydrogen) atoms. The van der Waals surface area contributed by atoms with Gasteiger partial charge < -0.3 is 46.6 Å². The van der Waals surface area contributed by atoms with Gasteiger partial charge in [-0.15, -0.1) is 0 Å². The van der Waals surface area contributed by atoms with Gasteiger partial charge in [-0.25, -0.2) is 9.59 Å². The number of urea groups is 1. The fourth-order valence-electron chi connectivity index (χ4n) is 10.6. The van der Waals surface area contributed by atoms with E-state index in [0.29, 0.717) is 35.2 Å². The SMILES string of the molecule is CNC(C(=O)N[C@H](C(=O)N(C)[C@H](/C=C(\C)C(=O)O)C(C)C)C(C)(C)C)C(C)(C)c1ccc(CCC(=O)OCc2ccc(CC(=O)[C@H](CCCNC(N)=O)NC(=O)[C@@H](CC(=O)CCC(=O)N3Cc4ccccc4C#Cc4ccccc43)C(C)C)cc2)cc1. The lowest BCUT2D eigenvalue weighted by Gasteiger charge is -2.40. The molecule has 4 aromatic rings. The standard InChI is InChI=1S/C69H89N7O11/c1-43(2)54(40-53(77)34-35-59(79)76-41-51-20-14-13-18-49(51)30-31-50-19-15-16-22-56(50)76)63(81)73-55(21-17-37-72-67(70)86)58(78)39-47-23-25-48(26-24-47)42-87-60(80)36-29-46-27-32-52(33-28-46)69(9,10)61(71-11)64(82)74-62(68(6,7)8)65(83)75(12)57(44(3)4)38-45(5)66(84)85/h13-16,18-20,22-28,32-33,38,43-44,54-55,57,61-62,71H,17,21,29,34-37,39-42H2,1-12H3,(H,73,81)(H,74,82)(H,84,85)(H3,70,72,86)/b45-38+/t54-,55-,57+,61?,62+/m0/s1. The highest BCUT2D eigenvalue weighted by Crippen LogP contribution is 2.31. The Hall–Kier alpha value is -8.43. The number of anilines is 1. The van der Waals surface area contributed by atoms with Crippen molar-refractivity contribution in [2.75, 3.05) is 25.5 Å². The summed E-state index contributed by atoms with van der Waals surface area (Å²) in [6, 6.07) is 25.8. The number of ether oxygens (including phenoxy) is 1. The van der Waals surface area contributed by atoms with Gasteiger partial charge in [0.05, 0.1) is 30.4 Å². The monoisotopic (exact) mass is 1190 g/mol. The molecule has 7 N–H and O–H groups in total. The van der Waals surface area contributed by atoms with E-state index < -0.39 is 64.8 Å². The third-order valence-corrected chi connectivity index (χ3v) is 16.1. The van der Waals surface area contributed by atoms with Crippen molar-refractivity contribution in [2.24, 2.45) is 28.9 Å². The van der Waals surface area contributed by atoms with Crippen LogP contribution in [-0.4, -0.2) is 108 Å². The molecular weight excluding hydrogens is 1100 g/mol. The van der Waals surface area contributed by atoms with Gasteiger partial charge in [-0.1, -0.05) is 159 Å². The number of hydrogen-bond donors (Lipinski definition) is 6. The lowest BCUT2D eigenvalue weighted by atomic mass is 9.76. The molecule has 18 heteroatoms. The number of amides is 6. The van der Waals surface area contributed by atoms with E-state index in [1.165, 1.54) is 11.8 Å². The van der Waals surface area contributed by atoms with Crippen LogP contribution in [0.4, 0.5) is 10.5 Å². The number of carboxylic acid groups (broad SMARTS) is 1. The minimum Gasteiger partial charge on any atom is -0.478 e. The summed E-state index contributed by atoms with van der Waals surface area (Å²) in [5.74, 6) is 1.75. The Balaban J connectivity index is 1.14. The molecular formula is C69H89N7O11. The number of carboxylic acids is 1. The molecule has 0 fully saturated rings. The van der Waals surface area contributed by atoms with Crippen LogP contribution in [0.5, 0.6) is 0 Å². The van der Waals surface area contributed by atoms with Gasteiger partial charge in [0.25, 0.3) is 0 Å². The molecule has 0 radical (unpaired) electrons. The second kappa shape index (κ2) is 31.8. The number of Topliss-reactive ketones (excluding diaryl/α,β-unsaturated/α-hetero) is 2. The smallest absolute Gasteiger partial charge is 0.331 e. The summed E-state index contributed by atoms with van der Waals surface area (Å²) in [4.78, 5) is 123. The first-order valence-corrected chi connectivity index (χ1v) is 29.9. The Morgan fingerprint density at radius 3 is 1.97 bits per heavy atom. The maximum absolute atomic E-state index is 14.2. The quantitative estimate of drug-likeness (QED) is 0.0125. The highest BCUT2D eigenvalue weighted by atomic mass is 16.5. The van der Waals surface area contributed by atoms with Crippen LogP contribution >= 0.6 is 0 Å².